The Kier molecular flexibility index (Phi) is 3.04. The normalized spacial score (nSPS) is 9.67. The third-order valence-corrected chi connectivity index (χ3v) is 1.99. The molecule has 0 amide bonds. The van der Waals surface area contributed by atoms with Crippen molar-refractivity contribution < 1.29 is 0 Å². The highest BCUT2D eigenvalue weighted by atomic mass is 32.1. The number of aromatic nitrogens is 4. The van der Waals surface area contributed by atoms with Crippen LogP contribution in [0.2, 0.25) is 0 Å². The Morgan fingerprint density at radius 2 is 2.07 bits per heavy atom. The Morgan fingerprint density at radius 3 is 2.67 bits per heavy atom. The molecule has 0 fully saturated rings. The SMILES string of the molecule is Sc1nc2ccccc2[nH]1.c1c[nH]cn1. The standard InChI is InChI=1S/C7H6N2S.C3H4N2/c10-7-8-5-3-1-2-4-6(5)9-7;1-2-5-3-4-1/h1-4H,(H2,8,9,10);1-3H,(H,4,5). The molecule has 76 valence electrons. The Bertz CT molecular complexity index is 465. The van der Waals surface area contributed by atoms with Gasteiger partial charge in [0, 0.05) is 12.4 Å². The van der Waals surface area contributed by atoms with Gasteiger partial charge in [0.1, 0.15) is 0 Å². The molecule has 0 unspecified atom stereocenters. The fourth-order valence-electron chi connectivity index (χ4n) is 1.15. The molecule has 0 saturated carbocycles. The first-order valence-corrected chi connectivity index (χ1v) is 4.87. The van der Waals surface area contributed by atoms with Crippen LogP contribution in [0, 0.1) is 0 Å². The molecule has 0 aliphatic rings. The van der Waals surface area contributed by atoms with Crippen LogP contribution < -0.4 is 0 Å². The summed E-state index contributed by atoms with van der Waals surface area (Å²) in [4.78, 5) is 13.5. The molecular weight excluding hydrogens is 208 g/mol. The number of H-pyrrole nitrogens is 2. The van der Waals surface area contributed by atoms with Crippen LogP contribution in [0.1, 0.15) is 0 Å². The first kappa shape index (κ1) is 9.79. The van der Waals surface area contributed by atoms with E-state index in [1.165, 1.54) is 0 Å². The Labute approximate surface area is 92.2 Å². The summed E-state index contributed by atoms with van der Waals surface area (Å²) >= 11 is 4.08. The summed E-state index contributed by atoms with van der Waals surface area (Å²) in [6.45, 7) is 0. The minimum atomic E-state index is 0.668. The first-order chi connectivity index (χ1) is 7.36. The fraction of sp³-hybridized carbons (Fsp3) is 0. The average molecular weight is 218 g/mol. The maximum atomic E-state index is 4.12. The summed E-state index contributed by atoms with van der Waals surface area (Å²) in [5, 5.41) is 0.668. The van der Waals surface area contributed by atoms with Crippen LogP contribution in [-0.4, -0.2) is 19.9 Å². The molecule has 0 radical (unpaired) electrons. The van der Waals surface area contributed by atoms with Crippen molar-refractivity contribution in [3.63, 3.8) is 0 Å². The zero-order valence-electron chi connectivity index (χ0n) is 7.88. The average Bonchev–Trinajstić information content (AvgIpc) is 2.87. The number of fused-ring (bicyclic) bond motifs is 1. The zero-order chi connectivity index (χ0) is 10.5. The minimum absolute atomic E-state index is 0.668. The molecule has 4 nitrogen and oxygen atoms in total. The van der Waals surface area contributed by atoms with E-state index in [1.807, 2.05) is 24.3 Å². The van der Waals surface area contributed by atoms with E-state index in [0.29, 0.717) is 5.16 Å². The van der Waals surface area contributed by atoms with E-state index in [9.17, 15) is 0 Å². The summed E-state index contributed by atoms with van der Waals surface area (Å²) in [7, 11) is 0. The van der Waals surface area contributed by atoms with Crippen LogP contribution in [0.5, 0.6) is 0 Å². The number of hydrogen-bond acceptors (Lipinski definition) is 3. The number of hydrogen-bond donors (Lipinski definition) is 3. The fourth-order valence-corrected chi connectivity index (χ4v) is 1.38. The highest BCUT2D eigenvalue weighted by Crippen LogP contribution is 2.11. The zero-order valence-corrected chi connectivity index (χ0v) is 8.78. The summed E-state index contributed by atoms with van der Waals surface area (Å²) in [5.74, 6) is 0. The van der Waals surface area contributed by atoms with Gasteiger partial charge in [-0.1, -0.05) is 12.1 Å². The van der Waals surface area contributed by atoms with Crippen LogP contribution in [0.4, 0.5) is 0 Å². The maximum absolute atomic E-state index is 4.12. The second kappa shape index (κ2) is 4.65. The van der Waals surface area contributed by atoms with E-state index in [0.717, 1.165) is 11.0 Å². The number of para-hydroxylation sites is 2. The molecule has 3 rings (SSSR count). The molecule has 0 bridgehead atoms. The highest BCUT2D eigenvalue weighted by Gasteiger charge is 1.94. The molecule has 0 saturated heterocycles. The summed E-state index contributed by atoms with van der Waals surface area (Å²) in [6, 6.07) is 7.84. The largest absolute Gasteiger partial charge is 0.351 e. The van der Waals surface area contributed by atoms with E-state index in [2.05, 4.69) is 32.6 Å². The van der Waals surface area contributed by atoms with Gasteiger partial charge in [0.15, 0.2) is 5.16 Å². The lowest BCUT2D eigenvalue weighted by atomic mass is 10.3. The topological polar surface area (TPSA) is 57.4 Å². The van der Waals surface area contributed by atoms with Crippen molar-refractivity contribution in [2.75, 3.05) is 0 Å². The Morgan fingerprint density at radius 1 is 1.20 bits per heavy atom. The van der Waals surface area contributed by atoms with Crippen LogP contribution >= 0.6 is 12.6 Å². The Hall–Kier alpha value is -1.75. The molecule has 1 aromatic carbocycles. The predicted octanol–water partition coefficient (Wildman–Crippen LogP) is 2.26. The quantitative estimate of drug-likeness (QED) is 0.507. The van der Waals surface area contributed by atoms with Crippen molar-refractivity contribution in [3.8, 4) is 0 Å². The number of benzene rings is 1. The summed E-state index contributed by atoms with van der Waals surface area (Å²) in [5.41, 5.74) is 2.00. The molecule has 15 heavy (non-hydrogen) atoms. The van der Waals surface area contributed by atoms with Gasteiger partial charge < -0.3 is 9.97 Å². The van der Waals surface area contributed by atoms with E-state index < -0.39 is 0 Å². The van der Waals surface area contributed by atoms with Crippen molar-refractivity contribution in [1.29, 1.82) is 0 Å². The molecule has 0 atom stereocenters. The van der Waals surface area contributed by atoms with E-state index in [1.54, 1.807) is 18.7 Å². The van der Waals surface area contributed by atoms with Crippen molar-refractivity contribution in [2.45, 2.75) is 5.16 Å². The lowest BCUT2D eigenvalue weighted by Gasteiger charge is -1.81. The molecule has 0 aliphatic carbocycles. The maximum Gasteiger partial charge on any atom is 0.163 e. The van der Waals surface area contributed by atoms with E-state index >= 15 is 0 Å². The molecule has 3 aromatic rings. The van der Waals surface area contributed by atoms with Crippen molar-refractivity contribution >= 4 is 23.7 Å². The van der Waals surface area contributed by atoms with Crippen LogP contribution in [0.3, 0.4) is 0 Å². The van der Waals surface area contributed by atoms with Gasteiger partial charge in [-0.25, -0.2) is 9.97 Å². The molecule has 2 aromatic heterocycles. The first-order valence-electron chi connectivity index (χ1n) is 4.43. The molecule has 0 aliphatic heterocycles. The van der Waals surface area contributed by atoms with Gasteiger partial charge in [-0.15, -0.1) is 12.6 Å². The number of aromatic amines is 2. The number of rotatable bonds is 0. The summed E-state index contributed by atoms with van der Waals surface area (Å²) in [6.07, 6.45) is 5.08. The van der Waals surface area contributed by atoms with E-state index in [-0.39, 0.29) is 0 Å². The number of thiol groups is 1. The molecule has 0 spiro atoms. The molecule has 2 N–H and O–H groups in total. The van der Waals surface area contributed by atoms with Crippen molar-refractivity contribution in [2.24, 2.45) is 0 Å². The van der Waals surface area contributed by atoms with Gasteiger partial charge in [0.05, 0.1) is 17.4 Å². The smallest absolute Gasteiger partial charge is 0.163 e. The predicted molar refractivity (Wildman–Crippen MR) is 61.9 cm³/mol. The van der Waals surface area contributed by atoms with Crippen LogP contribution in [0.15, 0.2) is 48.1 Å². The van der Waals surface area contributed by atoms with Gasteiger partial charge >= 0.3 is 0 Å². The third kappa shape index (κ3) is 2.60. The van der Waals surface area contributed by atoms with Gasteiger partial charge in [-0.2, -0.15) is 0 Å². The van der Waals surface area contributed by atoms with Gasteiger partial charge in [0.25, 0.3) is 0 Å². The highest BCUT2D eigenvalue weighted by molar-refractivity contribution is 7.80. The van der Waals surface area contributed by atoms with Crippen molar-refractivity contribution in [3.05, 3.63) is 43.0 Å². The van der Waals surface area contributed by atoms with Crippen LogP contribution in [0.25, 0.3) is 11.0 Å². The minimum Gasteiger partial charge on any atom is -0.351 e. The number of imidazole rings is 2. The summed E-state index contributed by atoms with van der Waals surface area (Å²) < 4.78 is 0. The number of nitrogens with one attached hydrogen (secondary N) is 2. The van der Waals surface area contributed by atoms with Gasteiger partial charge in [-0.3, -0.25) is 0 Å². The van der Waals surface area contributed by atoms with Gasteiger partial charge in [-0.05, 0) is 12.1 Å². The number of nitrogens with zero attached hydrogens (tertiary/aromatic N) is 2. The lowest BCUT2D eigenvalue weighted by molar-refractivity contribution is 1.09. The molecule has 5 heteroatoms. The third-order valence-electron chi connectivity index (χ3n) is 1.78. The molecule has 2 heterocycles. The second-order valence-electron chi connectivity index (χ2n) is 2.84. The van der Waals surface area contributed by atoms with Gasteiger partial charge in [0.2, 0.25) is 0 Å². The van der Waals surface area contributed by atoms with E-state index in [4.69, 9.17) is 0 Å². The Balaban J connectivity index is 0.000000144. The van der Waals surface area contributed by atoms with Crippen LogP contribution in [-0.2, 0) is 0 Å². The molecular formula is C10H10N4S. The van der Waals surface area contributed by atoms with Crippen molar-refractivity contribution in [1.82, 2.24) is 19.9 Å². The second-order valence-corrected chi connectivity index (χ2v) is 3.26. The lowest BCUT2D eigenvalue weighted by Crippen LogP contribution is -1.63. The monoisotopic (exact) mass is 218 g/mol.